The number of ether oxygens (including phenoxy) is 1. The molecule has 0 bridgehead atoms. The Morgan fingerprint density at radius 1 is 1.13 bits per heavy atom. The molecule has 2 aliphatic heterocycles. The maximum atomic E-state index is 13.0. The number of carbonyl (C=O) groups excluding carboxylic acids is 3. The highest BCUT2D eigenvalue weighted by Crippen LogP contribution is 2.40. The van der Waals surface area contributed by atoms with Crippen LogP contribution in [0.4, 0.5) is 5.69 Å². The number of non-ortho nitro benzene ring substituents is 1. The number of esters is 1. The molecule has 1 atom stereocenters. The Labute approximate surface area is 269 Å². The van der Waals surface area contributed by atoms with Crippen LogP contribution < -0.4 is 16.4 Å². The van der Waals surface area contributed by atoms with Gasteiger partial charge in [0, 0.05) is 30.1 Å². The Morgan fingerprint density at radius 2 is 1.83 bits per heavy atom. The number of hydrogen-bond donors (Lipinski definition) is 3. The van der Waals surface area contributed by atoms with Crippen molar-refractivity contribution in [1.29, 1.82) is 0 Å². The van der Waals surface area contributed by atoms with Crippen LogP contribution in [-0.2, 0) is 24.5 Å². The van der Waals surface area contributed by atoms with Gasteiger partial charge in [0.05, 0.1) is 34.8 Å². The lowest BCUT2D eigenvalue weighted by atomic mass is 9.72. The molecule has 2 heterocycles. The van der Waals surface area contributed by atoms with Gasteiger partial charge in [0.1, 0.15) is 0 Å². The number of likely N-dealkylation sites (tertiary alicyclic amines) is 1. The van der Waals surface area contributed by atoms with E-state index in [1.165, 1.54) is 19.2 Å². The van der Waals surface area contributed by atoms with Crippen molar-refractivity contribution in [3.8, 4) is 0 Å². The Hall–Kier alpha value is -4.55. The van der Waals surface area contributed by atoms with Gasteiger partial charge in [-0.3, -0.25) is 24.5 Å². The maximum absolute atomic E-state index is 13.0. The second kappa shape index (κ2) is 16.1. The number of methoxy groups -OCH3 is 1. The van der Waals surface area contributed by atoms with Gasteiger partial charge in [-0.1, -0.05) is 42.5 Å². The number of nitro groups is 1. The third kappa shape index (κ3) is 7.63. The van der Waals surface area contributed by atoms with Gasteiger partial charge < -0.3 is 30.9 Å². The number of nitrogens with two attached hydrogens (primary N) is 1. The number of benzene rings is 2. The fourth-order valence-electron chi connectivity index (χ4n) is 6.65. The number of nitro benzene ring substituents is 1. The van der Waals surface area contributed by atoms with Crippen LogP contribution >= 0.6 is 0 Å². The fraction of sp³-hybridized carbons (Fsp3) is 0.441. The standard InChI is InChI=1S/C34H44N6O6/c1-25-31(36-23-41)30(26-12-14-28(15-13-26)40(44)45)32(29(37-25)11-6-7-18-35)39(24-42)20-8-19-38-21-16-34(17-22-38,33(43)46-2)27-9-4-3-5-10-27/h3-5,9-10,12-15,23-24,30,37H,6-8,11,16-22,35H2,1-2H3,(H,36,41). The molecule has 0 aromatic heterocycles. The van der Waals surface area contributed by atoms with E-state index in [9.17, 15) is 24.5 Å². The number of amides is 2. The van der Waals surface area contributed by atoms with E-state index in [1.54, 1.807) is 17.0 Å². The number of nitrogens with one attached hydrogen (secondary N) is 2. The minimum Gasteiger partial charge on any atom is -0.468 e. The molecule has 1 unspecified atom stereocenters. The summed E-state index contributed by atoms with van der Waals surface area (Å²) in [6, 6.07) is 16.0. The van der Waals surface area contributed by atoms with Crippen molar-refractivity contribution in [1.82, 2.24) is 20.4 Å². The molecular formula is C34H44N6O6. The molecule has 1 fully saturated rings. The molecule has 12 nitrogen and oxygen atoms in total. The summed E-state index contributed by atoms with van der Waals surface area (Å²) in [6.07, 6.45) is 5.57. The van der Waals surface area contributed by atoms with E-state index < -0.39 is 16.3 Å². The predicted octanol–water partition coefficient (Wildman–Crippen LogP) is 3.66. The molecule has 1 saturated heterocycles. The van der Waals surface area contributed by atoms with Crippen LogP contribution in [0, 0.1) is 10.1 Å². The summed E-state index contributed by atoms with van der Waals surface area (Å²) in [6.45, 7) is 4.94. The van der Waals surface area contributed by atoms with Gasteiger partial charge in [-0.15, -0.1) is 0 Å². The third-order valence-corrected chi connectivity index (χ3v) is 9.07. The quantitative estimate of drug-likeness (QED) is 0.0825. The van der Waals surface area contributed by atoms with E-state index in [-0.39, 0.29) is 11.7 Å². The van der Waals surface area contributed by atoms with Crippen LogP contribution in [0.2, 0.25) is 0 Å². The van der Waals surface area contributed by atoms with E-state index in [2.05, 4.69) is 15.5 Å². The van der Waals surface area contributed by atoms with Crippen molar-refractivity contribution in [3.63, 3.8) is 0 Å². The number of allylic oxidation sites excluding steroid dienone is 2. The number of rotatable bonds is 16. The van der Waals surface area contributed by atoms with E-state index in [1.807, 2.05) is 37.3 Å². The molecule has 246 valence electrons. The van der Waals surface area contributed by atoms with E-state index in [0.717, 1.165) is 42.8 Å². The van der Waals surface area contributed by atoms with Gasteiger partial charge >= 0.3 is 5.97 Å². The minimum atomic E-state index is -0.678. The van der Waals surface area contributed by atoms with Crippen molar-refractivity contribution in [2.45, 2.75) is 56.8 Å². The lowest BCUT2D eigenvalue weighted by Gasteiger charge is -2.40. The zero-order chi connectivity index (χ0) is 33.1. The number of dihydropyridines is 1. The summed E-state index contributed by atoms with van der Waals surface area (Å²) in [5.41, 5.74) is 9.58. The fourth-order valence-corrected chi connectivity index (χ4v) is 6.65. The van der Waals surface area contributed by atoms with Crippen LogP contribution in [0.25, 0.3) is 0 Å². The molecule has 12 heteroatoms. The first-order chi connectivity index (χ1) is 22.3. The molecule has 4 N–H and O–H groups in total. The lowest BCUT2D eigenvalue weighted by Crippen LogP contribution is -2.48. The van der Waals surface area contributed by atoms with Crippen molar-refractivity contribution < 1.29 is 24.0 Å². The molecule has 4 rings (SSSR count). The molecular weight excluding hydrogens is 588 g/mol. The number of unbranched alkanes of at least 4 members (excludes halogenated alkanes) is 1. The van der Waals surface area contributed by atoms with E-state index in [4.69, 9.17) is 10.5 Å². The molecule has 0 spiro atoms. The number of hydrogen-bond acceptors (Lipinski definition) is 9. The van der Waals surface area contributed by atoms with Crippen LogP contribution in [0.5, 0.6) is 0 Å². The topological polar surface area (TPSA) is 160 Å². The first kappa shape index (κ1) is 34.3. The first-order valence-corrected chi connectivity index (χ1v) is 15.7. The largest absolute Gasteiger partial charge is 0.468 e. The maximum Gasteiger partial charge on any atom is 0.316 e. The molecule has 0 saturated carbocycles. The molecule has 2 aliphatic rings. The van der Waals surface area contributed by atoms with Crippen molar-refractivity contribution in [3.05, 3.63) is 98.6 Å². The lowest BCUT2D eigenvalue weighted by molar-refractivity contribution is -0.384. The number of piperidine rings is 1. The smallest absolute Gasteiger partial charge is 0.316 e. The molecule has 0 radical (unpaired) electrons. The number of carbonyl (C=O) groups is 3. The highest BCUT2D eigenvalue weighted by atomic mass is 16.6. The van der Waals surface area contributed by atoms with Crippen molar-refractivity contribution in [2.75, 3.05) is 39.8 Å². The van der Waals surface area contributed by atoms with E-state index in [0.29, 0.717) is 75.2 Å². The predicted molar refractivity (Wildman–Crippen MR) is 174 cm³/mol. The van der Waals surface area contributed by atoms with Crippen LogP contribution in [0.3, 0.4) is 0 Å². The summed E-state index contributed by atoms with van der Waals surface area (Å²) in [7, 11) is 1.43. The third-order valence-electron chi connectivity index (χ3n) is 9.07. The normalized spacial score (nSPS) is 18.0. The summed E-state index contributed by atoms with van der Waals surface area (Å²) in [5, 5.41) is 17.6. The second-order valence-corrected chi connectivity index (χ2v) is 11.8. The van der Waals surface area contributed by atoms with Gasteiger partial charge in [0.25, 0.3) is 5.69 Å². The average molecular weight is 633 g/mol. The van der Waals surface area contributed by atoms with Crippen LogP contribution in [-0.4, -0.2) is 73.3 Å². The Balaban J connectivity index is 1.55. The monoisotopic (exact) mass is 632 g/mol. The molecule has 2 aromatic carbocycles. The van der Waals surface area contributed by atoms with Crippen molar-refractivity contribution in [2.24, 2.45) is 5.73 Å². The Bertz CT molecular complexity index is 1430. The van der Waals surface area contributed by atoms with Gasteiger partial charge in [0.15, 0.2) is 0 Å². The van der Waals surface area contributed by atoms with Crippen LogP contribution in [0.15, 0.2) is 77.4 Å². The highest BCUT2D eigenvalue weighted by Gasteiger charge is 2.44. The summed E-state index contributed by atoms with van der Waals surface area (Å²) in [5.74, 6) is -0.753. The molecule has 2 amide bonds. The zero-order valence-electron chi connectivity index (χ0n) is 26.6. The molecule has 46 heavy (non-hydrogen) atoms. The average Bonchev–Trinajstić information content (AvgIpc) is 3.08. The van der Waals surface area contributed by atoms with Crippen molar-refractivity contribution >= 4 is 24.5 Å². The number of nitrogens with zero attached hydrogens (tertiary/aromatic N) is 3. The Morgan fingerprint density at radius 3 is 2.41 bits per heavy atom. The van der Waals surface area contributed by atoms with Gasteiger partial charge in [-0.05, 0) is 82.8 Å². The summed E-state index contributed by atoms with van der Waals surface area (Å²) in [4.78, 5) is 52.3. The minimum absolute atomic E-state index is 0.0470. The highest BCUT2D eigenvalue weighted by molar-refractivity contribution is 5.83. The molecule has 2 aromatic rings. The van der Waals surface area contributed by atoms with Gasteiger partial charge in [-0.2, -0.15) is 0 Å². The zero-order valence-corrected chi connectivity index (χ0v) is 26.6. The van der Waals surface area contributed by atoms with E-state index >= 15 is 0 Å². The SMILES string of the molecule is COC(=O)C1(c2ccccc2)CCN(CCCN(C=O)C2=C(CCCCN)NC(C)=C(NC=O)C2c2ccc([N+](=O)[O-])cc2)CC1. The van der Waals surface area contributed by atoms with Gasteiger partial charge in [-0.25, -0.2) is 0 Å². The second-order valence-electron chi connectivity index (χ2n) is 11.8. The summed E-state index contributed by atoms with van der Waals surface area (Å²) < 4.78 is 5.24. The molecule has 0 aliphatic carbocycles. The summed E-state index contributed by atoms with van der Waals surface area (Å²) >= 11 is 0. The van der Waals surface area contributed by atoms with Gasteiger partial charge in [0.2, 0.25) is 12.8 Å². The Kier molecular flexibility index (Phi) is 12.0. The first-order valence-electron chi connectivity index (χ1n) is 15.7. The van der Waals surface area contributed by atoms with Crippen LogP contribution in [0.1, 0.15) is 62.5 Å².